The summed E-state index contributed by atoms with van der Waals surface area (Å²) in [6, 6.07) is 3.76. The zero-order valence-electron chi connectivity index (χ0n) is 13.6. The molecule has 1 N–H and O–H groups in total. The van der Waals surface area contributed by atoms with Gasteiger partial charge in [0.1, 0.15) is 11.4 Å². The van der Waals surface area contributed by atoms with Crippen LogP contribution < -0.4 is 0 Å². The molecule has 128 valence electrons. The summed E-state index contributed by atoms with van der Waals surface area (Å²) in [6.07, 6.45) is 5.56. The van der Waals surface area contributed by atoms with Crippen LogP contribution in [0.1, 0.15) is 34.8 Å². The van der Waals surface area contributed by atoms with Crippen LogP contribution in [0.15, 0.2) is 29.9 Å². The summed E-state index contributed by atoms with van der Waals surface area (Å²) >= 11 is 1.47. The Balaban J connectivity index is 1.44. The number of hydrogen-bond acceptors (Lipinski definition) is 5. The van der Waals surface area contributed by atoms with E-state index in [9.17, 15) is 9.90 Å². The number of ether oxygens (including phenoxy) is 1. The number of hydrogen-bond donors (Lipinski definition) is 1. The predicted octanol–water partition coefficient (Wildman–Crippen LogP) is 1.76. The lowest BCUT2D eigenvalue weighted by atomic mass is 9.83. The third-order valence-electron chi connectivity index (χ3n) is 5.16. The highest BCUT2D eigenvalue weighted by Crippen LogP contribution is 2.44. The van der Waals surface area contributed by atoms with Gasteiger partial charge in [-0.1, -0.05) is 6.07 Å². The van der Waals surface area contributed by atoms with Crippen LogP contribution >= 0.6 is 11.3 Å². The second kappa shape index (κ2) is 5.68. The lowest BCUT2D eigenvalue weighted by Gasteiger charge is -2.38. The fourth-order valence-electron chi connectivity index (χ4n) is 3.86. The number of carbonyl (C=O) groups is 1. The van der Waals surface area contributed by atoms with Gasteiger partial charge in [0.25, 0.3) is 5.91 Å². The first-order chi connectivity index (χ1) is 11.5. The van der Waals surface area contributed by atoms with E-state index in [-0.39, 0.29) is 18.1 Å². The van der Waals surface area contributed by atoms with Crippen LogP contribution in [0.5, 0.6) is 0 Å². The third kappa shape index (κ3) is 2.56. The van der Waals surface area contributed by atoms with Gasteiger partial charge in [0.05, 0.1) is 17.1 Å². The van der Waals surface area contributed by atoms with Crippen molar-refractivity contribution in [2.45, 2.75) is 30.5 Å². The summed E-state index contributed by atoms with van der Waals surface area (Å²) in [5.41, 5.74) is -1.40. The fraction of sp³-hybridized carbons (Fsp3) is 0.529. The summed E-state index contributed by atoms with van der Waals surface area (Å²) < 4.78 is 7.90. The number of aryl methyl sites for hydroxylation is 1. The Morgan fingerprint density at radius 2 is 2.21 bits per heavy atom. The van der Waals surface area contributed by atoms with Crippen LogP contribution in [-0.2, 0) is 17.4 Å². The van der Waals surface area contributed by atoms with E-state index < -0.39 is 5.60 Å². The molecule has 1 spiro atoms. The smallest absolute Gasteiger partial charge is 0.263 e. The second-order valence-corrected chi connectivity index (χ2v) is 7.76. The van der Waals surface area contributed by atoms with Gasteiger partial charge >= 0.3 is 0 Å². The fourth-order valence-corrected chi connectivity index (χ4v) is 4.55. The molecule has 2 aliphatic heterocycles. The zero-order valence-corrected chi connectivity index (χ0v) is 14.5. The number of carbonyl (C=O) groups excluding carboxylic acids is 1. The average molecular weight is 347 g/mol. The number of aromatic nitrogens is 2. The number of likely N-dealkylation sites (tertiary alicyclic amines) is 1. The monoisotopic (exact) mass is 347 g/mol. The molecule has 2 aliphatic rings. The molecule has 0 bridgehead atoms. The highest BCUT2D eigenvalue weighted by atomic mass is 32.1. The SMILES string of the molecule is Cn1ccnc1[C@]1(O)COC2(CCN(C(=O)c3cccs3)CC2)C1. The van der Waals surface area contributed by atoms with Gasteiger partial charge in [-0.25, -0.2) is 4.98 Å². The molecule has 0 unspecified atom stereocenters. The molecule has 1 amide bonds. The van der Waals surface area contributed by atoms with Crippen molar-refractivity contribution in [1.29, 1.82) is 0 Å². The van der Waals surface area contributed by atoms with Crippen molar-refractivity contribution in [3.8, 4) is 0 Å². The molecule has 0 saturated carbocycles. The van der Waals surface area contributed by atoms with Gasteiger partial charge in [-0.2, -0.15) is 0 Å². The minimum atomic E-state index is -1.04. The molecule has 2 fully saturated rings. The van der Waals surface area contributed by atoms with Crippen LogP contribution in [-0.4, -0.2) is 50.8 Å². The van der Waals surface area contributed by atoms with E-state index in [0.717, 1.165) is 17.7 Å². The maximum Gasteiger partial charge on any atom is 0.263 e. The molecular formula is C17H21N3O3S. The summed E-state index contributed by atoms with van der Waals surface area (Å²) in [6.45, 7) is 1.58. The van der Waals surface area contributed by atoms with Crippen molar-refractivity contribution in [1.82, 2.24) is 14.5 Å². The molecule has 0 radical (unpaired) electrons. The first-order valence-corrected chi connectivity index (χ1v) is 9.06. The molecule has 2 saturated heterocycles. The molecule has 6 nitrogen and oxygen atoms in total. The highest BCUT2D eigenvalue weighted by Gasteiger charge is 2.52. The van der Waals surface area contributed by atoms with Crippen molar-refractivity contribution in [3.63, 3.8) is 0 Å². The summed E-state index contributed by atoms with van der Waals surface area (Å²) in [5, 5.41) is 12.9. The van der Waals surface area contributed by atoms with Crippen LogP contribution in [0.3, 0.4) is 0 Å². The van der Waals surface area contributed by atoms with Gasteiger partial charge in [0.15, 0.2) is 0 Å². The van der Waals surface area contributed by atoms with E-state index in [2.05, 4.69) is 4.98 Å². The maximum absolute atomic E-state index is 12.5. The number of rotatable bonds is 2. The molecule has 24 heavy (non-hydrogen) atoms. The molecule has 4 rings (SSSR count). The van der Waals surface area contributed by atoms with E-state index in [1.54, 1.807) is 6.20 Å². The molecular weight excluding hydrogens is 326 g/mol. The first-order valence-electron chi connectivity index (χ1n) is 8.18. The van der Waals surface area contributed by atoms with E-state index in [1.807, 2.05) is 40.2 Å². The Kier molecular flexibility index (Phi) is 3.74. The summed E-state index contributed by atoms with van der Waals surface area (Å²) in [5.74, 6) is 0.744. The summed E-state index contributed by atoms with van der Waals surface area (Å²) in [4.78, 5) is 19.4. The zero-order chi connectivity index (χ0) is 16.8. The van der Waals surface area contributed by atoms with Gasteiger partial charge in [0.2, 0.25) is 0 Å². The van der Waals surface area contributed by atoms with Gasteiger partial charge in [-0.05, 0) is 24.3 Å². The predicted molar refractivity (Wildman–Crippen MR) is 89.9 cm³/mol. The Hall–Kier alpha value is -1.70. The topological polar surface area (TPSA) is 67.6 Å². The van der Waals surface area contributed by atoms with Crippen molar-refractivity contribution in [3.05, 3.63) is 40.6 Å². The number of thiophene rings is 1. The van der Waals surface area contributed by atoms with E-state index >= 15 is 0 Å². The molecule has 0 aromatic carbocycles. The molecule has 2 aromatic rings. The quantitative estimate of drug-likeness (QED) is 0.899. The van der Waals surface area contributed by atoms with Gasteiger partial charge in [0, 0.05) is 39.0 Å². The molecule has 0 aliphatic carbocycles. The van der Waals surface area contributed by atoms with Gasteiger partial charge in [-0.3, -0.25) is 4.79 Å². The number of imidazole rings is 1. The Morgan fingerprint density at radius 3 is 2.83 bits per heavy atom. The number of nitrogens with zero attached hydrogens (tertiary/aromatic N) is 3. The minimum Gasteiger partial charge on any atom is -0.379 e. The molecule has 7 heteroatoms. The number of aliphatic hydroxyl groups is 1. The maximum atomic E-state index is 12.5. The first kappa shape index (κ1) is 15.8. The van der Waals surface area contributed by atoms with Crippen LogP contribution in [0.25, 0.3) is 0 Å². The Morgan fingerprint density at radius 1 is 1.42 bits per heavy atom. The minimum absolute atomic E-state index is 0.0946. The van der Waals surface area contributed by atoms with E-state index in [1.165, 1.54) is 11.3 Å². The lowest BCUT2D eigenvalue weighted by Crippen LogP contribution is -2.47. The van der Waals surface area contributed by atoms with Crippen molar-refractivity contribution < 1.29 is 14.6 Å². The van der Waals surface area contributed by atoms with Crippen LogP contribution in [0.4, 0.5) is 0 Å². The Labute approximate surface area is 144 Å². The van der Waals surface area contributed by atoms with Crippen molar-refractivity contribution >= 4 is 17.2 Å². The summed E-state index contributed by atoms with van der Waals surface area (Å²) in [7, 11) is 1.88. The highest BCUT2D eigenvalue weighted by molar-refractivity contribution is 7.12. The third-order valence-corrected chi connectivity index (χ3v) is 6.02. The molecule has 4 heterocycles. The van der Waals surface area contributed by atoms with E-state index in [4.69, 9.17) is 4.74 Å². The average Bonchev–Trinajstić information content (AvgIpc) is 3.29. The normalized spacial score (nSPS) is 26.2. The van der Waals surface area contributed by atoms with Crippen LogP contribution in [0, 0.1) is 0 Å². The molecule has 1 atom stereocenters. The van der Waals surface area contributed by atoms with Gasteiger partial charge < -0.3 is 19.3 Å². The van der Waals surface area contributed by atoms with Crippen molar-refractivity contribution in [2.24, 2.45) is 7.05 Å². The second-order valence-electron chi connectivity index (χ2n) is 6.81. The van der Waals surface area contributed by atoms with Crippen LogP contribution in [0.2, 0.25) is 0 Å². The van der Waals surface area contributed by atoms with Gasteiger partial charge in [-0.15, -0.1) is 11.3 Å². The number of piperidine rings is 1. The largest absolute Gasteiger partial charge is 0.379 e. The van der Waals surface area contributed by atoms with E-state index in [0.29, 0.717) is 25.3 Å². The lowest BCUT2D eigenvalue weighted by molar-refractivity contribution is -0.0437. The standard InChI is InChI=1S/C17H21N3O3S/c1-19-9-6-18-15(19)17(22)11-16(23-12-17)4-7-20(8-5-16)14(21)13-3-2-10-24-13/h2-3,6,9-10,22H,4-5,7-8,11-12H2,1H3/t17-/m1/s1. The number of amides is 1. The Bertz CT molecular complexity index is 734. The van der Waals surface area contributed by atoms with Crippen molar-refractivity contribution in [2.75, 3.05) is 19.7 Å². The molecule has 2 aromatic heterocycles.